The molecule has 2 atom stereocenters. The topological polar surface area (TPSA) is 59.6 Å². The Morgan fingerprint density at radius 2 is 1.95 bits per heavy atom. The van der Waals surface area contributed by atoms with Crippen molar-refractivity contribution in [2.75, 3.05) is 26.3 Å². The van der Waals surface area contributed by atoms with Crippen molar-refractivity contribution in [3.8, 4) is 0 Å². The first kappa shape index (κ1) is 15.3. The molecular weight excluding hydrogens is 280 g/mol. The van der Waals surface area contributed by atoms with Crippen LogP contribution < -0.4 is 10.6 Å². The van der Waals surface area contributed by atoms with Crippen LogP contribution >= 0.6 is 0 Å². The highest BCUT2D eigenvalue weighted by Gasteiger charge is 2.38. The van der Waals surface area contributed by atoms with Gasteiger partial charge in [0.1, 0.15) is 0 Å². The fraction of sp³-hybridized carbons (Fsp3) is 0.588. The number of amides is 2. The SMILES string of the molecule is CC1(CCNC(=O)NC[C@H]2C[C@H]2c2ccccc2)OCCO1. The van der Waals surface area contributed by atoms with Crippen LogP contribution in [0.15, 0.2) is 30.3 Å². The lowest BCUT2D eigenvalue weighted by Crippen LogP contribution is -2.40. The van der Waals surface area contributed by atoms with E-state index in [1.54, 1.807) is 0 Å². The van der Waals surface area contributed by atoms with E-state index in [1.165, 1.54) is 5.56 Å². The molecule has 2 fully saturated rings. The summed E-state index contributed by atoms with van der Waals surface area (Å²) in [5, 5.41) is 5.81. The van der Waals surface area contributed by atoms with Crippen LogP contribution in [-0.4, -0.2) is 38.1 Å². The highest BCUT2D eigenvalue weighted by molar-refractivity contribution is 5.73. The molecule has 2 amide bonds. The molecule has 1 saturated heterocycles. The fourth-order valence-electron chi connectivity index (χ4n) is 2.97. The molecule has 0 spiro atoms. The molecule has 3 rings (SSSR count). The summed E-state index contributed by atoms with van der Waals surface area (Å²) in [6.07, 6.45) is 1.82. The molecule has 1 heterocycles. The van der Waals surface area contributed by atoms with E-state index in [0.29, 0.717) is 38.0 Å². The molecule has 0 unspecified atom stereocenters. The number of benzene rings is 1. The van der Waals surface area contributed by atoms with E-state index < -0.39 is 5.79 Å². The van der Waals surface area contributed by atoms with Gasteiger partial charge in [0.2, 0.25) is 0 Å². The summed E-state index contributed by atoms with van der Waals surface area (Å²) in [6.45, 7) is 4.45. The number of carbonyl (C=O) groups is 1. The van der Waals surface area contributed by atoms with Gasteiger partial charge in [-0.15, -0.1) is 0 Å². The number of rotatable bonds is 6. The van der Waals surface area contributed by atoms with E-state index in [1.807, 2.05) is 13.0 Å². The molecule has 5 nitrogen and oxygen atoms in total. The monoisotopic (exact) mass is 304 g/mol. The smallest absolute Gasteiger partial charge is 0.314 e. The van der Waals surface area contributed by atoms with Gasteiger partial charge in [0.05, 0.1) is 13.2 Å². The summed E-state index contributed by atoms with van der Waals surface area (Å²) in [7, 11) is 0. The molecule has 1 aliphatic carbocycles. The summed E-state index contributed by atoms with van der Waals surface area (Å²) in [4.78, 5) is 11.8. The average Bonchev–Trinajstić information content (AvgIpc) is 3.19. The Hall–Kier alpha value is -1.59. The minimum Gasteiger partial charge on any atom is -0.348 e. The Balaban J connectivity index is 1.30. The van der Waals surface area contributed by atoms with E-state index in [-0.39, 0.29) is 6.03 Å². The number of carbonyl (C=O) groups excluding carboxylic acids is 1. The van der Waals surface area contributed by atoms with Crippen LogP contribution in [0.25, 0.3) is 0 Å². The Bertz CT molecular complexity index is 500. The molecule has 120 valence electrons. The van der Waals surface area contributed by atoms with Crippen molar-refractivity contribution >= 4 is 6.03 Å². The molecule has 0 aromatic heterocycles. The fourth-order valence-corrected chi connectivity index (χ4v) is 2.97. The molecule has 0 bridgehead atoms. The van der Waals surface area contributed by atoms with Crippen molar-refractivity contribution in [1.82, 2.24) is 10.6 Å². The lowest BCUT2D eigenvalue weighted by atomic mass is 10.1. The molecule has 1 saturated carbocycles. The third kappa shape index (κ3) is 3.99. The van der Waals surface area contributed by atoms with E-state index in [4.69, 9.17) is 9.47 Å². The summed E-state index contributed by atoms with van der Waals surface area (Å²) in [5.74, 6) is 0.621. The number of nitrogens with one attached hydrogen (secondary N) is 2. The Morgan fingerprint density at radius 3 is 2.68 bits per heavy atom. The summed E-state index contributed by atoms with van der Waals surface area (Å²) in [5.41, 5.74) is 1.37. The quantitative estimate of drug-likeness (QED) is 0.847. The summed E-state index contributed by atoms with van der Waals surface area (Å²) < 4.78 is 11.0. The van der Waals surface area contributed by atoms with Gasteiger partial charge in [0, 0.05) is 19.5 Å². The van der Waals surface area contributed by atoms with Crippen molar-refractivity contribution < 1.29 is 14.3 Å². The highest BCUT2D eigenvalue weighted by atomic mass is 16.7. The molecule has 1 aliphatic heterocycles. The predicted molar refractivity (Wildman–Crippen MR) is 83.6 cm³/mol. The summed E-state index contributed by atoms with van der Waals surface area (Å²) in [6, 6.07) is 10.4. The van der Waals surface area contributed by atoms with Gasteiger partial charge >= 0.3 is 6.03 Å². The lowest BCUT2D eigenvalue weighted by molar-refractivity contribution is -0.145. The number of ether oxygens (including phenoxy) is 2. The third-order valence-corrected chi connectivity index (χ3v) is 4.44. The van der Waals surface area contributed by atoms with E-state index in [9.17, 15) is 4.79 Å². The average molecular weight is 304 g/mol. The Morgan fingerprint density at radius 1 is 1.23 bits per heavy atom. The van der Waals surface area contributed by atoms with Crippen molar-refractivity contribution in [1.29, 1.82) is 0 Å². The van der Waals surface area contributed by atoms with Gasteiger partial charge < -0.3 is 20.1 Å². The predicted octanol–water partition coefficient (Wildman–Crippen LogP) is 2.24. The maximum atomic E-state index is 11.8. The first-order valence-corrected chi connectivity index (χ1v) is 8.01. The van der Waals surface area contributed by atoms with Crippen LogP contribution in [0, 0.1) is 5.92 Å². The number of hydrogen-bond donors (Lipinski definition) is 2. The minimum atomic E-state index is -0.540. The second kappa shape index (κ2) is 6.67. The number of hydrogen-bond acceptors (Lipinski definition) is 3. The van der Waals surface area contributed by atoms with Crippen LogP contribution in [0.4, 0.5) is 4.79 Å². The maximum absolute atomic E-state index is 11.8. The zero-order chi connectivity index (χ0) is 15.4. The van der Waals surface area contributed by atoms with Gasteiger partial charge in [0.25, 0.3) is 0 Å². The largest absolute Gasteiger partial charge is 0.348 e. The third-order valence-electron chi connectivity index (χ3n) is 4.44. The van der Waals surface area contributed by atoms with Gasteiger partial charge in [-0.1, -0.05) is 30.3 Å². The van der Waals surface area contributed by atoms with Crippen molar-refractivity contribution in [3.63, 3.8) is 0 Å². The molecule has 22 heavy (non-hydrogen) atoms. The van der Waals surface area contributed by atoms with Crippen molar-refractivity contribution in [2.24, 2.45) is 5.92 Å². The molecule has 5 heteroatoms. The second-order valence-corrected chi connectivity index (χ2v) is 6.23. The minimum absolute atomic E-state index is 0.111. The molecule has 1 aromatic rings. The second-order valence-electron chi connectivity index (χ2n) is 6.23. The van der Waals surface area contributed by atoms with Crippen LogP contribution in [0.2, 0.25) is 0 Å². The Kier molecular flexibility index (Phi) is 4.64. The molecule has 0 radical (unpaired) electrons. The van der Waals surface area contributed by atoms with Gasteiger partial charge in [-0.2, -0.15) is 0 Å². The van der Waals surface area contributed by atoms with Crippen molar-refractivity contribution in [2.45, 2.75) is 31.5 Å². The normalized spacial score (nSPS) is 25.7. The molecular formula is C17H24N2O3. The first-order chi connectivity index (χ1) is 10.7. The Labute approximate surface area is 131 Å². The lowest BCUT2D eigenvalue weighted by Gasteiger charge is -2.22. The molecule has 2 N–H and O–H groups in total. The van der Waals surface area contributed by atoms with Crippen LogP contribution in [-0.2, 0) is 9.47 Å². The van der Waals surface area contributed by atoms with E-state index >= 15 is 0 Å². The van der Waals surface area contributed by atoms with Gasteiger partial charge in [0.15, 0.2) is 5.79 Å². The zero-order valence-corrected chi connectivity index (χ0v) is 13.0. The highest BCUT2D eigenvalue weighted by Crippen LogP contribution is 2.46. The maximum Gasteiger partial charge on any atom is 0.314 e. The number of urea groups is 1. The first-order valence-electron chi connectivity index (χ1n) is 8.01. The van der Waals surface area contributed by atoms with Gasteiger partial charge in [-0.3, -0.25) is 0 Å². The van der Waals surface area contributed by atoms with Gasteiger partial charge in [-0.05, 0) is 30.7 Å². The van der Waals surface area contributed by atoms with Crippen molar-refractivity contribution in [3.05, 3.63) is 35.9 Å². The zero-order valence-electron chi connectivity index (χ0n) is 13.0. The molecule has 2 aliphatic rings. The molecule has 1 aromatic carbocycles. The van der Waals surface area contributed by atoms with E-state index in [2.05, 4.69) is 34.9 Å². The van der Waals surface area contributed by atoms with Gasteiger partial charge in [-0.25, -0.2) is 4.79 Å². The van der Waals surface area contributed by atoms with Crippen LogP contribution in [0.5, 0.6) is 0 Å². The summed E-state index contributed by atoms with van der Waals surface area (Å²) >= 11 is 0. The van der Waals surface area contributed by atoms with E-state index in [0.717, 1.165) is 13.0 Å². The standard InChI is InChI=1S/C17H24N2O3/c1-17(21-9-10-22-17)7-8-18-16(20)19-12-14-11-15(14)13-5-3-2-4-6-13/h2-6,14-15H,7-12H2,1H3,(H2,18,19,20)/t14-,15+/m1/s1. The van der Waals surface area contributed by atoms with Crippen LogP contribution in [0.1, 0.15) is 31.2 Å². The van der Waals surface area contributed by atoms with Crippen LogP contribution in [0.3, 0.4) is 0 Å².